The molecule has 0 aliphatic heterocycles. The van der Waals surface area contributed by atoms with Crippen LogP contribution >= 0.6 is 11.6 Å². The quantitative estimate of drug-likeness (QED) is 0.821. The summed E-state index contributed by atoms with van der Waals surface area (Å²) in [6, 6.07) is 2.19. The molecule has 0 saturated carbocycles. The third kappa shape index (κ3) is 3.47. The van der Waals surface area contributed by atoms with Crippen LogP contribution in [0.1, 0.15) is 34.2 Å². The molecule has 0 heterocycles. The van der Waals surface area contributed by atoms with Gasteiger partial charge in [-0.1, -0.05) is 6.07 Å². The molecule has 0 spiro atoms. The van der Waals surface area contributed by atoms with Crippen LogP contribution in [-0.4, -0.2) is 11.8 Å². The first-order valence-corrected chi connectivity index (χ1v) is 6.39. The molecule has 1 N–H and O–H groups in total. The molecule has 0 fully saturated rings. The zero-order chi connectivity index (χ0) is 13.0. The predicted molar refractivity (Wildman–Crippen MR) is 72.6 cm³/mol. The second-order valence-electron chi connectivity index (χ2n) is 4.45. The van der Waals surface area contributed by atoms with E-state index in [9.17, 15) is 4.79 Å². The summed E-state index contributed by atoms with van der Waals surface area (Å²) in [5.41, 5.74) is 6.30. The molecule has 0 atom stereocenters. The van der Waals surface area contributed by atoms with E-state index in [0.717, 1.165) is 0 Å². The summed E-state index contributed by atoms with van der Waals surface area (Å²) < 4.78 is 0. The molecule has 1 amide bonds. The number of carbonyl (C=O) groups excluding carboxylic acids is 1. The number of hydrogen-bond donors (Lipinski definition) is 1. The summed E-state index contributed by atoms with van der Waals surface area (Å²) in [5, 5.41) is 2.91. The first-order chi connectivity index (χ1) is 7.97. The highest BCUT2D eigenvalue weighted by Crippen LogP contribution is 2.21. The van der Waals surface area contributed by atoms with Crippen molar-refractivity contribution in [3.8, 4) is 0 Å². The fraction of sp³-hybridized carbons (Fsp3) is 0.500. The smallest absolute Gasteiger partial charge is 0.221 e. The van der Waals surface area contributed by atoms with Crippen molar-refractivity contribution in [3.63, 3.8) is 0 Å². The summed E-state index contributed by atoms with van der Waals surface area (Å²) in [6.07, 6.45) is 0.379. The number of benzene rings is 1. The van der Waals surface area contributed by atoms with E-state index in [-0.39, 0.29) is 5.91 Å². The molecule has 3 heteroatoms. The molecule has 0 aliphatic rings. The van der Waals surface area contributed by atoms with Gasteiger partial charge in [-0.2, -0.15) is 0 Å². The largest absolute Gasteiger partial charge is 0.352 e. The Kier molecular flexibility index (Phi) is 5.01. The number of alkyl halides is 1. The number of hydrogen-bond acceptors (Lipinski definition) is 1. The minimum absolute atomic E-state index is 0.0120. The Hall–Kier alpha value is -1.02. The van der Waals surface area contributed by atoms with Gasteiger partial charge in [0.05, 0.1) is 0 Å². The van der Waals surface area contributed by atoms with Crippen LogP contribution in [0.25, 0.3) is 0 Å². The van der Waals surface area contributed by atoms with E-state index in [1.54, 1.807) is 0 Å². The zero-order valence-corrected chi connectivity index (χ0v) is 11.7. The lowest BCUT2D eigenvalue weighted by atomic mass is 9.94. The average Bonchev–Trinajstić information content (AvgIpc) is 2.27. The number of carbonyl (C=O) groups is 1. The van der Waals surface area contributed by atoms with Crippen LogP contribution in [0.3, 0.4) is 0 Å². The molecular weight excluding hydrogens is 234 g/mol. The van der Waals surface area contributed by atoms with Crippen LogP contribution in [0, 0.1) is 27.7 Å². The second-order valence-corrected chi connectivity index (χ2v) is 4.83. The fourth-order valence-electron chi connectivity index (χ4n) is 1.92. The van der Waals surface area contributed by atoms with Crippen LogP contribution in [0.5, 0.6) is 0 Å². The van der Waals surface area contributed by atoms with E-state index in [1.807, 2.05) is 0 Å². The van der Waals surface area contributed by atoms with Gasteiger partial charge < -0.3 is 5.32 Å². The van der Waals surface area contributed by atoms with Gasteiger partial charge in [-0.3, -0.25) is 4.79 Å². The molecule has 2 nitrogen and oxygen atoms in total. The van der Waals surface area contributed by atoms with Gasteiger partial charge in [0, 0.05) is 18.8 Å². The fourth-order valence-corrected chi connectivity index (χ4v) is 2.10. The standard InChI is InChI=1S/C14H20ClNO/c1-9-7-10(2)12(4)13(11(9)3)8-16-14(17)5-6-15/h7H,5-6,8H2,1-4H3,(H,16,17). The van der Waals surface area contributed by atoms with E-state index >= 15 is 0 Å². The van der Waals surface area contributed by atoms with Crippen molar-refractivity contribution >= 4 is 17.5 Å². The first-order valence-electron chi connectivity index (χ1n) is 5.86. The van der Waals surface area contributed by atoms with Gasteiger partial charge in [0.15, 0.2) is 0 Å². The van der Waals surface area contributed by atoms with Crippen LogP contribution in [0.4, 0.5) is 0 Å². The van der Waals surface area contributed by atoms with Gasteiger partial charge in [0.1, 0.15) is 0 Å². The average molecular weight is 254 g/mol. The Morgan fingerprint density at radius 3 is 2.18 bits per heavy atom. The molecule has 0 unspecified atom stereocenters. The molecule has 0 aliphatic carbocycles. The molecule has 94 valence electrons. The summed E-state index contributed by atoms with van der Waals surface area (Å²) in [7, 11) is 0. The normalized spacial score (nSPS) is 10.4. The highest BCUT2D eigenvalue weighted by molar-refractivity contribution is 6.18. The van der Waals surface area contributed by atoms with Crippen molar-refractivity contribution in [2.45, 2.75) is 40.7 Å². The molecule has 1 rings (SSSR count). The van der Waals surface area contributed by atoms with Gasteiger partial charge >= 0.3 is 0 Å². The number of nitrogens with one attached hydrogen (secondary N) is 1. The van der Waals surface area contributed by atoms with Crippen LogP contribution in [-0.2, 0) is 11.3 Å². The number of rotatable bonds is 4. The zero-order valence-electron chi connectivity index (χ0n) is 11.0. The first kappa shape index (κ1) is 14.0. The topological polar surface area (TPSA) is 29.1 Å². The maximum Gasteiger partial charge on any atom is 0.221 e. The van der Waals surface area contributed by atoms with E-state index in [4.69, 9.17) is 11.6 Å². The van der Waals surface area contributed by atoms with Gasteiger partial charge in [-0.25, -0.2) is 0 Å². The van der Waals surface area contributed by atoms with E-state index in [1.165, 1.54) is 27.8 Å². The lowest BCUT2D eigenvalue weighted by Crippen LogP contribution is -2.24. The Morgan fingerprint density at radius 2 is 1.71 bits per heavy atom. The Bertz CT molecular complexity index is 400. The monoisotopic (exact) mass is 253 g/mol. The molecule has 0 aromatic heterocycles. The van der Waals surface area contributed by atoms with Gasteiger partial charge in [-0.05, 0) is 55.5 Å². The highest BCUT2D eigenvalue weighted by Gasteiger charge is 2.09. The van der Waals surface area contributed by atoms with Crippen LogP contribution < -0.4 is 5.32 Å². The summed E-state index contributed by atoms with van der Waals surface area (Å²) in [4.78, 5) is 11.4. The predicted octanol–water partition coefficient (Wildman–Crippen LogP) is 3.17. The Balaban J connectivity index is 2.87. The minimum Gasteiger partial charge on any atom is -0.352 e. The van der Waals surface area contributed by atoms with Crippen molar-refractivity contribution in [1.82, 2.24) is 5.32 Å². The number of aryl methyl sites for hydroxylation is 2. The lowest BCUT2D eigenvalue weighted by molar-refractivity contribution is -0.120. The summed E-state index contributed by atoms with van der Waals surface area (Å²) in [5.74, 6) is 0.384. The molecule has 1 aromatic rings. The molecule has 17 heavy (non-hydrogen) atoms. The summed E-state index contributed by atoms with van der Waals surface area (Å²) in [6.45, 7) is 9.00. The van der Waals surface area contributed by atoms with Crippen molar-refractivity contribution in [1.29, 1.82) is 0 Å². The summed E-state index contributed by atoms with van der Waals surface area (Å²) >= 11 is 5.53. The van der Waals surface area contributed by atoms with Crippen molar-refractivity contribution in [3.05, 3.63) is 33.9 Å². The SMILES string of the molecule is Cc1cc(C)c(C)c(CNC(=O)CCCl)c1C. The van der Waals surface area contributed by atoms with Gasteiger partial charge in [-0.15, -0.1) is 11.6 Å². The van der Waals surface area contributed by atoms with Gasteiger partial charge in [0.25, 0.3) is 0 Å². The number of halogens is 1. The lowest BCUT2D eigenvalue weighted by Gasteiger charge is -2.15. The van der Waals surface area contributed by atoms with Crippen molar-refractivity contribution < 1.29 is 4.79 Å². The number of amides is 1. The molecule has 0 bridgehead atoms. The third-order valence-corrected chi connectivity index (χ3v) is 3.49. The molecular formula is C14H20ClNO. The van der Waals surface area contributed by atoms with Crippen LogP contribution in [0.2, 0.25) is 0 Å². The van der Waals surface area contributed by atoms with E-state index in [2.05, 4.69) is 39.1 Å². The maximum atomic E-state index is 11.4. The Morgan fingerprint density at radius 1 is 1.18 bits per heavy atom. The van der Waals surface area contributed by atoms with Crippen molar-refractivity contribution in [2.24, 2.45) is 0 Å². The molecule has 0 saturated heterocycles. The minimum atomic E-state index is 0.0120. The maximum absolute atomic E-state index is 11.4. The Labute approximate surface area is 108 Å². The highest BCUT2D eigenvalue weighted by atomic mass is 35.5. The third-order valence-electron chi connectivity index (χ3n) is 3.31. The second kappa shape index (κ2) is 6.06. The van der Waals surface area contributed by atoms with Crippen molar-refractivity contribution in [2.75, 3.05) is 5.88 Å². The molecule has 1 aromatic carbocycles. The van der Waals surface area contributed by atoms with Gasteiger partial charge in [0.2, 0.25) is 5.91 Å². The van der Waals surface area contributed by atoms with E-state index in [0.29, 0.717) is 18.8 Å². The van der Waals surface area contributed by atoms with E-state index < -0.39 is 0 Å². The molecule has 0 radical (unpaired) electrons. The van der Waals surface area contributed by atoms with Crippen LogP contribution in [0.15, 0.2) is 6.07 Å².